The SMILES string of the molecule is CCNC(=O)NCC1C2COCC12. The monoisotopic (exact) mass is 184 g/mol. The van der Waals surface area contributed by atoms with Gasteiger partial charge >= 0.3 is 6.03 Å². The Morgan fingerprint density at radius 2 is 2.08 bits per heavy atom. The minimum absolute atomic E-state index is 0.0478. The van der Waals surface area contributed by atoms with E-state index in [2.05, 4.69) is 10.6 Å². The van der Waals surface area contributed by atoms with Crippen molar-refractivity contribution in [1.29, 1.82) is 0 Å². The van der Waals surface area contributed by atoms with Gasteiger partial charge in [-0.1, -0.05) is 0 Å². The highest BCUT2D eigenvalue weighted by Gasteiger charge is 2.53. The molecule has 1 saturated carbocycles. The molecule has 4 nitrogen and oxygen atoms in total. The summed E-state index contributed by atoms with van der Waals surface area (Å²) in [7, 11) is 0. The van der Waals surface area contributed by atoms with Crippen LogP contribution in [-0.4, -0.2) is 32.3 Å². The largest absolute Gasteiger partial charge is 0.381 e. The van der Waals surface area contributed by atoms with E-state index in [0.29, 0.717) is 12.5 Å². The molecule has 2 N–H and O–H groups in total. The lowest BCUT2D eigenvalue weighted by atomic mass is 10.3. The molecule has 0 bridgehead atoms. The summed E-state index contributed by atoms with van der Waals surface area (Å²) in [5.41, 5.74) is 0. The number of fused-ring (bicyclic) bond motifs is 1. The van der Waals surface area contributed by atoms with Crippen LogP contribution in [0.25, 0.3) is 0 Å². The number of hydrogen-bond donors (Lipinski definition) is 2. The van der Waals surface area contributed by atoms with Gasteiger partial charge in [-0.2, -0.15) is 0 Å². The first kappa shape index (κ1) is 8.81. The van der Waals surface area contributed by atoms with Crippen LogP contribution in [-0.2, 0) is 4.74 Å². The Labute approximate surface area is 78.0 Å². The van der Waals surface area contributed by atoms with Crippen LogP contribution in [0.4, 0.5) is 4.79 Å². The van der Waals surface area contributed by atoms with Gasteiger partial charge < -0.3 is 15.4 Å². The Balaban J connectivity index is 1.62. The summed E-state index contributed by atoms with van der Waals surface area (Å²) in [5, 5.41) is 5.58. The molecule has 4 heteroatoms. The van der Waals surface area contributed by atoms with Gasteiger partial charge in [-0.3, -0.25) is 0 Å². The van der Waals surface area contributed by atoms with Crippen molar-refractivity contribution < 1.29 is 9.53 Å². The lowest BCUT2D eigenvalue weighted by Crippen LogP contribution is -2.37. The van der Waals surface area contributed by atoms with E-state index in [9.17, 15) is 4.79 Å². The summed E-state index contributed by atoms with van der Waals surface area (Å²) in [5.74, 6) is 2.13. The normalized spacial score (nSPS) is 35.3. The van der Waals surface area contributed by atoms with Crippen molar-refractivity contribution in [2.75, 3.05) is 26.3 Å². The predicted molar refractivity (Wildman–Crippen MR) is 48.4 cm³/mol. The molecule has 0 radical (unpaired) electrons. The fraction of sp³-hybridized carbons (Fsp3) is 0.889. The second-order valence-electron chi connectivity index (χ2n) is 3.77. The maximum Gasteiger partial charge on any atom is 0.314 e. The number of rotatable bonds is 3. The van der Waals surface area contributed by atoms with E-state index < -0.39 is 0 Å². The molecule has 2 aliphatic rings. The van der Waals surface area contributed by atoms with Crippen LogP contribution < -0.4 is 10.6 Å². The van der Waals surface area contributed by atoms with E-state index in [1.165, 1.54) is 0 Å². The Bertz CT molecular complexity index is 198. The number of carbonyl (C=O) groups is 1. The molecule has 0 aromatic heterocycles. The van der Waals surface area contributed by atoms with Crippen molar-refractivity contribution in [2.45, 2.75) is 6.92 Å². The summed E-state index contributed by atoms with van der Waals surface area (Å²) in [6.45, 7) is 5.20. The first-order chi connectivity index (χ1) is 6.33. The Hall–Kier alpha value is -0.770. The molecule has 1 aliphatic carbocycles. The lowest BCUT2D eigenvalue weighted by molar-refractivity contribution is 0.151. The first-order valence-corrected chi connectivity index (χ1v) is 4.92. The van der Waals surface area contributed by atoms with Gasteiger partial charge in [0.2, 0.25) is 0 Å². The Kier molecular flexibility index (Phi) is 2.40. The molecule has 0 aromatic carbocycles. The zero-order valence-electron chi connectivity index (χ0n) is 7.88. The minimum Gasteiger partial charge on any atom is -0.381 e. The molecule has 74 valence electrons. The first-order valence-electron chi connectivity index (χ1n) is 4.92. The third-order valence-electron chi connectivity index (χ3n) is 2.97. The van der Waals surface area contributed by atoms with Crippen molar-refractivity contribution in [2.24, 2.45) is 17.8 Å². The zero-order valence-corrected chi connectivity index (χ0v) is 7.88. The molecule has 2 amide bonds. The molecule has 0 aromatic rings. The van der Waals surface area contributed by atoms with Gasteiger partial charge in [-0.25, -0.2) is 4.79 Å². The second-order valence-corrected chi connectivity index (χ2v) is 3.77. The number of urea groups is 1. The van der Waals surface area contributed by atoms with Crippen LogP contribution in [0.1, 0.15) is 6.92 Å². The molecule has 2 fully saturated rings. The van der Waals surface area contributed by atoms with Crippen molar-refractivity contribution in [3.8, 4) is 0 Å². The van der Waals surface area contributed by atoms with E-state index in [1.807, 2.05) is 6.92 Å². The second kappa shape index (κ2) is 3.54. The molecular formula is C9H16N2O2. The number of nitrogens with one attached hydrogen (secondary N) is 2. The van der Waals surface area contributed by atoms with Gasteiger partial charge in [0.1, 0.15) is 0 Å². The summed E-state index contributed by atoms with van der Waals surface area (Å²) >= 11 is 0. The van der Waals surface area contributed by atoms with Crippen molar-refractivity contribution >= 4 is 6.03 Å². The van der Waals surface area contributed by atoms with Crippen LogP contribution in [0.2, 0.25) is 0 Å². The summed E-state index contributed by atoms with van der Waals surface area (Å²) in [4.78, 5) is 11.0. The molecule has 0 spiro atoms. The highest BCUT2D eigenvalue weighted by atomic mass is 16.5. The topological polar surface area (TPSA) is 50.4 Å². The van der Waals surface area contributed by atoms with Gasteiger partial charge in [-0.05, 0) is 24.7 Å². The van der Waals surface area contributed by atoms with Crippen LogP contribution in [0.15, 0.2) is 0 Å². The molecule has 2 atom stereocenters. The summed E-state index contributed by atoms with van der Waals surface area (Å²) in [6, 6.07) is -0.0478. The van der Waals surface area contributed by atoms with Crippen LogP contribution in [0.5, 0.6) is 0 Å². The van der Waals surface area contributed by atoms with Crippen LogP contribution >= 0.6 is 0 Å². The smallest absolute Gasteiger partial charge is 0.314 e. The molecule has 2 unspecified atom stereocenters. The van der Waals surface area contributed by atoms with E-state index in [-0.39, 0.29) is 6.03 Å². The predicted octanol–water partition coefficient (Wildman–Crippen LogP) is 0.198. The maximum absolute atomic E-state index is 11.0. The van der Waals surface area contributed by atoms with E-state index in [1.54, 1.807) is 0 Å². The van der Waals surface area contributed by atoms with Crippen LogP contribution in [0, 0.1) is 17.8 Å². The highest BCUT2D eigenvalue weighted by molar-refractivity contribution is 5.73. The molecule has 1 saturated heterocycles. The molecule has 13 heavy (non-hydrogen) atoms. The maximum atomic E-state index is 11.0. The van der Waals surface area contributed by atoms with Crippen molar-refractivity contribution in [3.05, 3.63) is 0 Å². The Morgan fingerprint density at radius 3 is 2.69 bits per heavy atom. The Morgan fingerprint density at radius 1 is 1.38 bits per heavy atom. The summed E-state index contributed by atoms with van der Waals surface area (Å²) in [6.07, 6.45) is 0. The van der Waals surface area contributed by atoms with Crippen molar-refractivity contribution in [1.82, 2.24) is 10.6 Å². The third-order valence-corrected chi connectivity index (χ3v) is 2.97. The molecule has 1 aliphatic heterocycles. The van der Waals surface area contributed by atoms with Crippen molar-refractivity contribution in [3.63, 3.8) is 0 Å². The fourth-order valence-corrected chi connectivity index (χ4v) is 2.10. The standard InChI is InChI=1S/C9H16N2O2/c1-2-10-9(12)11-3-6-7-4-13-5-8(6)7/h6-8H,2-5H2,1H3,(H2,10,11,12). The van der Waals surface area contributed by atoms with E-state index in [4.69, 9.17) is 4.74 Å². The highest BCUT2D eigenvalue weighted by Crippen LogP contribution is 2.50. The minimum atomic E-state index is -0.0478. The van der Waals surface area contributed by atoms with Gasteiger partial charge in [0, 0.05) is 13.1 Å². The molecule has 1 heterocycles. The van der Waals surface area contributed by atoms with E-state index >= 15 is 0 Å². The lowest BCUT2D eigenvalue weighted by Gasteiger charge is -2.06. The third kappa shape index (κ3) is 1.77. The van der Waals surface area contributed by atoms with Gasteiger partial charge in [0.25, 0.3) is 0 Å². The van der Waals surface area contributed by atoms with Gasteiger partial charge in [0.15, 0.2) is 0 Å². The number of hydrogen-bond acceptors (Lipinski definition) is 2. The number of amides is 2. The molecular weight excluding hydrogens is 168 g/mol. The zero-order chi connectivity index (χ0) is 9.26. The average molecular weight is 184 g/mol. The number of ether oxygens (including phenoxy) is 1. The van der Waals surface area contributed by atoms with Gasteiger partial charge in [0.05, 0.1) is 13.2 Å². The van der Waals surface area contributed by atoms with Gasteiger partial charge in [-0.15, -0.1) is 0 Å². The van der Waals surface area contributed by atoms with E-state index in [0.717, 1.165) is 31.6 Å². The summed E-state index contributed by atoms with van der Waals surface area (Å²) < 4.78 is 5.26. The molecule has 2 rings (SSSR count). The van der Waals surface area contributed by atoms with Crippen LogP contribution in [0.3, 0.4) is 0 Å². The average Bonchev–Trinajstić information content (AvgIpc) is 2.58. The quantitative estimate of drug-likeness (QED) is 0.658. The number of carbonyl (C=O) groups excluding carboxylic acids is 1. The fourth-order valence-electron chi connectivity index (χ4n) is 2.10.